The van der Waals surface area contributed by atoms with E-state index in [2.05, 4.69) is 12.2 Å². The van der Waals surface area contributed by atoms with Crippen LogP contribution in [-0.4, -0.2) is 223 Å². The highest BCUT2D eigenvalue weighted by molar-refractivity contribution is 4.53. The molecule has 0 rings (SSSR count). The van der Waals surface area contributed by atoms with Crippen LogP contribution < -0.4 is 5.32 Å². The molecule has 0 fully saturated rings. The largest absolute Gasteiger partial charge is 0.394 e. The van der Waals surface area contributed by atoms with Crippen molar-refractivity contribution in [1.29, 1.82) is 0 Å². The number of hydrogen-bond donors (Lipinski definition) is 2. The maximum Gasteiger partial charge on any atom is 0.0701 e. The first-order valence-corrected chi connectivity index (χ1v) is 26.4. The topological polar surface area (TPSA) is 171 Å². The molecule has 0 aromatic rings. The number of unbranched alkanes of at least 4 members (excludes halogenated alkanes) is 14. The first-order chi connectivity index (χ1) is 33.4. The molecule has 0 aliphatic heterocycles. The number of ether oxygens (including phenoxy) is 15. The van der Waals surface area contributed by atoms with Crippen LogP contribution in [0.15, 0.2) is 0 Å². The zero-order valence-electron chi connectivity index (χ0n) is 42.7. The Kier molecular flexibility index (Phi) is 64.7. The van der Waals surface area contributed by atoms with Crippen molar-refractivity contribution in [3.05, 3.63) is 0 Å². The Morgan fingerprint density at radius 3 is 0.612 bits per heavy atom. The van der Waals surface area contributed by atoms with Crippen LogP contribution in [0.4, 0.5) is 0 Å². The molecule has 2 N–H and O–H groups in total. The summed E-state index contributed by atoms with van der Waals surface area (Å²) in [6.45, 7) is 20.2. The average molecular weight is 974 g/mol. The quantitative estimate of drug-likeness (QED) is 0.0672. The van der Waals surface area contributed by atoms with Crippen LogP contribution in [0.3, 0.4) is 0 Å². The minimum Gasteiger partial charge on any atom is -0.394 e. The summed E-state index contributed by atoms with van der Waals surface area (Å²) in [5, 5.41) is 12.2. The third kappa shape index (κ3) is 65.3. The SMILES string of the molecule is CCCCCCCCCCCCCCCNCCCCCOCCOCCOCCOCCOCCOCCOCCOCCOCCOCCOCCOCCOCCOCCOCCO. The molecule has 0 aromatic carbocycles. The van der Waals surface area contributed by atoms with Crippen molar-refractivity contribution in [3.8, 4) is 0 Å². The lowest BCUT2D eigenvalue weighted by Gasteiger charge is -2.09. The number of aliphatic hydroxyl groups excluding tert-OH is 1. The van der Waals surface area contributed by atoms with Gasteiger partial charge in [0.1, 0.15) is 0 Å². The summed E-state index contributed by atoms with van der Waals surface area (Å²) in [4.78, 5) is 0. The van der Waals surface area contributed by atoms with Crippen LogP contribution in [0.25, 0.3) is 0 Å². The monoisotopic (exact) mass is 974 g/mol. The van der Waals surface area contributed by atoms with Crippen LogP contribution in [-0.2, 0) is 71.1 Å². The van der Waals surface area contributed by atoms with Gasteiger partial charge in [-0.05, 0) is 38.8 Å². The maximum absolute atomic E-state index is 8.61. The van der Waals surface area contributed by atoms with E-state index in [0.29, 0.717) is 192 Å². The van der Waals surface area contributed by atoms with Crippen molar-refractivity contribution in [2.24, 2.45) is 0 Å². The van der Waals surface area contributed by atoms with Gasteiger partial charge in [0.15, 0.2) is 0 Å². The van der Waals surface area contributed by atoms with Crippen LogP contribution in [0.1, 0.15) is 110 Å². The van der Waals surface area contributed by atoms with Gasteiger partial charge in [-0.1, -0.05) is 84.0 Å². The van der Waals surface area contributed by atoms with Crippen molar-refractivity contribution in [1.82, 2.24) is 5.32 Å². The Hall–Kier alpha value is -0.680. The molecule has 17 nitrogen and oxygen atoms in total. The molecule has 0 aliphatic carbocycles. The van der Waals surface area contributed by atoms with E-state index in [-0.39, 0.29) is 6.61 Å². The Bertz CT molecular complexity index is 779. The lowest BCUT2D eigenvalue weighted by atomic mass is 10.0. The Balaban J connectivity index is 3.07. The molecule has 0 spiro atoms. The zero-order chi connectivity index (χ0) is 48.0. The van der Waals surface area contributed by atoms with Crippen molar-refractivity contribution in [2.75, 3.05) is 218 Å². The van der Waals surface area contributed by atoms with E-state index in [4.69, 9.17) is 76.2 Å². The highest BCUT2D eigenvalue weighted by Gasteiger charge is 1.99. The average Bonchev–Trinajstić information content (AvgIpc) is 3.34. The third-order valence-corrected chi connectivity index (χ3v) is 10.0. The Morgan fingerprint density at radius 1 is 0.209 bits per heavy atom. The predicted molar refractivity (Wildman–Crippen MR) is 262 cm³/mol. The number of hydrogen-bond acceptors (Lipinski definition) is 17. The van der Waals surface area contributed by atoms with E-state index in [1.165, 1.54) is 96.3 Å². The van der Waals surface area contributed by atoms with Gasteiger partial charge in [0.05, 0.1) is 198 Å². The fraction of sp³-hybridized carbons (Fsp3) is 1.00. The fourth-order valence-corrected chi connectivity index (χ4v) is 6.27. The van der Waals surface area contributed by atoms with E-state index >= 15 is 0 Å². The van der Waals surface area contributed by atoms with Gasteiger partial charge in [0.25, 0.3) is 0 Å². The third-order valence-electron chi connectivity index (χ3n) is 10.0. The summed E-state index contributed by atoms with van der Waals surface area (Å²) in [6, 6.07) is 0. The Labute approximate surface area is 408 Å². The minimum atomic E-state index is 0.0233. The van der Waals surface area contributed by atoms with Gasteiger partial charge >= 0.3 is 0 Å². The van der Waals surface area contributed by atoms with Crippen LogP contribution in [0.2, 0.25) is 0 Å². The minimum absolute atomic E-state index is 0.0233. The van der Waals surface area contributed by atoms with Gasteiger partial charge in [-0.2, -0.15) is 0 Å². The molecule has 17 heteroatoms. The first-order valence-electron chi connectivity index (χ1n) is 26.4. The molecule has 0 aliphatic rings. The summed E-state index contributed by atoms with van der Waals surface area (Å²) < 4.78 is 82.3. The molecule has 0 bridgehead atoms. The van der Waals surface area contributed by atoms with E-state index in [1.807, 2.05) is 0 Å². The second-order valence-electron chi connectivity index (χ2n) is 16.0. The summed E-state index contributed by atoms with van der Waals surface area (Å²) in [5.41, 5.74) is 0. The summed E-state index contributed by atoms with van der Waals surface area (Å²) >= 11 is 0. The number of rotatable bonds is 64. The molecule has 0 radical (unpaired) electrons. The molecule has 0 atom stereocenters. The van der Waals surface area contributed by atoms with Crippen molar-refractivity contribution >= 4 is 0 Å². The van der Waals surface area contributed by atoms with E-state index in [9.17, 15) is 0 Å². The van der Waals surface area contributed by atoms with E-state index < -0.39 is 0 Å². The molecule has 0 amide bonds. The highest BCUT2D eigenvalue weighted by Crippen LogP contribution is 2.12. The summed E-state index contributed by atoms with van der Waals surface area (Å²) in [7, 11) is 0. The molecule has 67 heavy (non-hydrogen) atoms. The lowest BCUT2D eigenvalue weighted by molar-refractivity contribution is -0.0301. The summed E-state index contributed by atoms with van der Waals surface area (Å²) in [5.74, 6) is 0. The van der Waals surface area contributed by atoms with Crippen molar-refractivity contribution in [3.63, 3.8) is 0 Å². The molecular weight excluding hydrogens is 871 g/mol. The molecule has 0 aromatic heterocycles. The van der Waals surface area contributed by atoms with E-state index in [0.717, 1.165) is 26.1 Å². The molecule has 404 valence electrons. The van der Waals surface area contributed by atoms with Crippen LogP contribution in [0, 0.1) is 0 Å². The molecule has 0 saturated heterocycles. The first kappa shape index (κ1) is 66.3. The second-order valence-corrected chi connectivity index (χ2v) is 16.0. The standard InChI is InChI=1S/C50H103NO16/c1-2-3-4-5-6-7-8-9-10-11-12-13-15-18-51-19-16-14-17-21-53-23-25-55-27-29-57-31-33-59-35-37-61-39-41-63-43-45-65-47-49-67-50-48-66-46-44-64-42-40-62-38-36-60-34-32-58-30-28-56-26-24-54-22-20-52/h51-52H,2-50H2,1H3. The zero-order valence-corrected chi connectivity index (χ0v) is 42.7. The highest BCUT2D eigenvalue weighted by atomic mass is 16.6. The smallest absolute Gasteiger partial charge is 0.0701 e. The normalized spacial score (nSPS) is 11.7. The van der Waals surface area contributed by atoms with Gasteiger partial charge < -0.3 is 81.5 Å². The Morgan fingerprint density at radius 2 is 0.388 bits per heavy atom. The van der Waals surface area contributed by atoms with Crippen molar-refractivity contribution < 1.29 is 76.2 Å². The number of aliphatic hydroxyl groups is 1. The molecule has 0 unspecified atom stereocenters. The maximum atomic E-state index is 8.61. The van der Waals surface area contributed by atoms with E-state index in [1.54, 1.807) is 0 Å². The van der Waals surface area contributed by atoms with Gasteiger partial charge in [0, 0.05) is 6.61 Å². The summed E-state index contributed by atoms with van der Waals surface area (Å²) in [6.07, 6.45) is 21.8. The predicted octanol–water partition coefficient (Wildman–Crippen LogP) is 6.08. The number of nitrogens with one attached hydrogen (secondary N) is 1. The van der Waals surface area contributed by atoms with Gasteiger partial charge in [-0.25, -0.2) is 0 Å². The fourth-order valence-electron chi connectivity index (χ4n) is 6.27. The van der Waals surface area contributed by atoms with Gasteiger partial charge in [0.2, 0.25) is 0 Å². The van der Waals surface area contributed by atoms with Crippen LogP contribution >= 0.6 is 0 Å². The van der Waals surface area contributed by atoms with Crippen molar-refractivity contribution in [2.45, 2.75) is 110 Å². The molecular formula is C50H103NO16. The van der Waals surface area contributed by atoms with Crippen LogP contribution in [0.5, 0.6) is 0 Å². The second kappa shape index (κ2) is 65.3. The van der Waals surface area contributed by atoms with Gasteiger partial charge in [-0.15, -0.1) is 0 Å². The molecule has 0 saturated carbocycles. The lowest BCUT2D eigenvalue weighted by Crippen LogP contribution is -2.16. The molecule has 0 heterocycles. The van der Waals surface area contributed by atoms with Gasteiger partial charge in [-0.3, -0.25) is 0 Å².